The SMILES string of the molecule is COc1ccnc(NC(=O)Nc2ccccc2)c1. The number of aromatic nitrogens is 1. The maximum absolute atomic E-state index is 11.7. The second kappa shape index (κ2) is 5.67. The smallest absolute Gasteiger partial charge is 0.324 e. The Balaban J connectivity index is 1.99. The maximum atomic E-state index is 11.7. The van der Waals surface area contributed by atoms with Crippen molar-refractivity contribution in [2.75, 3.05) is 17.7 Å². The molecule has 1 aromatic carbocycles. The third-order valence-corrected chi connectivity index (χ3v) is 2.24. The molecule has 5 nitrogen and oxygen atoms in total. The number of urea groups is 1. The highest BCUT2D eigenvalue weighted by Gasteiger charge is 2.03. The van der Waals surface area contributed by atoms with Crippen molar-refractivity contribution < 1.29 is 9.53 Å². The first-order valence-electron chi connectivity index (χ1n) is 5.41. The maximum Gasteiger partial charge on any atom is 0.324 e. The zero-order valence-corrected chi connectivity index (χ0v) is 9.88. The molecule has 0 radical (unpaired) electrons. The summed E-state index contributed by atoms with van der Waals surface area (Å²) in [6.07, 6.45) is 1.57. The van der Waals surface area contributed by atoms with E-state index in [0.29, 0.717) is 11.6 Å². The highest BCUT2D eigenvalue weighted by atomic mass is 16.5. The normalized spacial score (nSPS) is 9.61. The van der Waals surface area contributed by atoms with E-state index in [9.17, 15) is 4.79 Å². The van der Waals surface area contributed by atoms with Crippen LogP contribution in [0.3, 0.4) is 0 Å². The van der Waals surface area contributed by atoms with Gasteiger partial charge in [0.25, 0.3) is 0 Å². The van der Waals surface area contributed by atoms with Gasteiger partial charge in [-0.2, -0.15) is 0 Å². The van der Waals surface area contributed by atoms with Crippen molar-refractivity contribution >= 4 is 17.5 Å². The molecule has 0 spiro atoms. The van der Waals surface area contributed by atoms with E-state index >= 15 is 0 Å². The summed E-state index contributed by atoms with van der Waals surface area (Å²) in [4.78, 5) is 15.7. The topological polar surface area (TPSA) is 63.2 Å². The standard InChI is InChI=1S/C13H13N3O2/c1-18-11-7-8-14-12(9-11)16-13(17)15-10-5-3-2-4-6-10/h2-9H,1H3,(H2,14,15,16,17). The van der Waals surface area contributed by atoms with Crippen LogP contribution in [-0.2, 0) is 0 Å². The number of nitrogens with one attached hydrogen (secondary N) is 2. The molecule has 2 amide bonds. The molecule has 18 heavy (non-hydrogen) atoms. The van der Waals surface area contributed by atoms with Crippen LogP contribution in [0.5, 0.6) is 5.75 Å². The van der Waals surface area contributed by atoms with Gasteiger partial charge in [0.05, 0.1) is 7.11 Å². The Morgan fingerprint density at radius 2 is 1.94 bits per heavy atom. The minimum Gasteiger partial charge on any atom is -0.497 e. The Morgan fingerprint density at radius 1 is 1.17 bits per heavy atom. The number of ether oxygens (including phenoxy) is 1. The summed E-state index contributed by atoms with van der Waals surface area (Å²) >= 11 is 0. The van der Waals surface area contributed by atoms with E-state index in [2.05, 4.69) is 15.6 Å². The van der Waals surface area contributed by atoms with E-state index in [4.69, 9.17) is 4.74 Å². The molecule has 0 saturated carbocycles. The van der Waals surface area contributed by atoms with Crippen molar-refractivity contribution in [2.24, 2.45) is 0 Å². The van der Waals surface area contributed by atoms with Crippen LogP contribution in [0.15, 0.2) is 48.7 Å². The third-order valence-electron chi connectivity index (χ3n) is 2.24. The molecule has 0 unspecified atom stereocenters. The molecule has 1 aromatic heterocycles. The van der Waals surface area contributed by atoms with E-state index in [-0.39, 0.29) is 6.03 Å². The number of rotatable bonds is 3. The first kappa shape index (κ1) is 11.9. The number of hydrogen-bond acceptors (Lipinski definition) is 3. The fraction of sp³-hybridized carbons (Fsp3) is 0.0769. The number of carbonyl (C=O) groups excluding carboxylic acids is 1. The van der Waals surface area contributed by atoms with Gasteiger partial charge >= 0.3 is 6.03 Å². The van der Waals surface area contributed by atoms with E-state index in [1.54, 1.807) is 37.6 Å². The molecule has 0 bridgehead atoms. The van der Waals surface area contributed by atoms with Crippen LogP contribution in [-0.4, -0.2) is 18.1 Å². The summed E-state index contributed by atoms with van der Waals surface area (Å²) in [5, 5.41) is 5.32. The van der Waals surface area contributed by atoms with Crippen molar-refractivity contribution in [3.05, 3.63) is 48.7 Å². The minimum absolute atomic E-state index is 0.345. The van der Waals surface area contributed by atoms with Crippen LogP contribution in [0.1, 0.15) is 0 Å². The summed E-state index contributed by atoms with van der Waals surface area (Å²) < 4.78 is 5.04. The van der Waals surface area contributed by atoms with Crippen LogP contribution in [0.4, 0.5) is 16.3 Å². The summed E-state index contributed by atoms with van der Waals surface area (Å²) in [7, 11) is 1.56. The molecule has 0 aliphatic rings. The van der Waals surface area contributed by atoms with Gasteiger partial charge in [0.1, 0.15) is 11.6 Å². The predicted molar refractivity (Wildman–Crippen MR) is 69.9 cm³/mol. The molecule has 0 fully saturated rings. The quantitative estimate of drug-likeness (QED) is 0.871. The van der Waals surface area contributed by atoms with Gasteiger partial charge in [-0.25, -0.2) is 9.78 Å². The number of amides is 2. The fourth-order valence-corrected chi connectivity index (χ4v) is 1.41. The number of pyridine rings is 1. The minimum atomic E-state index is -0.345. The van der Waals surface area contributed by atoms with Gasteiger partial charge in [-0.1, -0.05) is 18.2 Å². The van der Waals surface area contributed by atoms with Gasteiger partial charge in [0.15, 0.2) is 0 Å². The van der Waals surface area contributed by atoms with Crippen molar-refractivity contribution in [3.63, 3.8) is 0 Å². The molecule has 0 aliphatic heterocycles. The van der Waals surface area contributed by atoms with Crippen LogP contribution >= 0.6 is 0 Å². The number of benzene rings is 1. The van der Waals surface area contributed by atoms with Crippen LogP contribution in [0.2, 0.25) is 0 Å². The van der Waals surface area contributed by atoms with Crippen LogP contribution in [0.25, 0.3) is 0 Å². The van der Waals surface area contributed by atoms with Crippen molar-refractivity contribution in [3.8, 4) is 5.75 Å². The molecule has 2 aromatic rings. The largest absolute Gasteiger partial charge is 0.497 e. The average molecular weight is 243 g/mol. The number of nitrogens with zero attached hydrogens (tertiary/aromatic N) is 1. The molecule has 0 atom stereocenters. The van der Waals surface area contributed by atoms with Gasteiger partial charge in [-0.05, 0) is 18.2 Å². The summed E-state index contributed by atoms with van der Waals surface area (Å²) in [5.41, 5.74) is 0.720. The highest BCUT2D eigenvalue weighted by Crippen LogP contribution is 2.14. The Kier molecular flexibility index (Phi) is 3.76. The van der Waals surface area contributed by atoms with Gasteiger partial charge < -0.3 is 10.1 Å². The van der Waals surface area contributed by atoms with E-state index < -0.39 is 0 Å². The second-order valence-corrected chi connectivity index (χ2v) is 3.53. The summed E-state index contributed by atoms with van der Waals surface area (Å²) in [5.74, 6) is 1.07. The van der Waals surface area contributed by atoms with Gasteiger partial charge in [0, 0.05) is 18.0 Å². The van der Waals surface area contributed by atoms with E-state index in [1.807, 2.05) is 18.2 Å². The lowest BCUT2D eigenvalue weighted by Gasteiger charge is -2.07. The molecule has 2 N–H and O–H groups in total. The van der Waals surface area contributed by atoms with Crippen molar-refractivity contribution in [2.45, 2.75) is 0 Å². The van der Waals surface area contributed by atoms with E-state index in [1.165, 1.54) is 0 Å². The Morgan fingerprint density at radius 3 is 2.67 bits per heavy atom. The molecule has 0 aliphatic carbocycles. The Hall–Kier alpha value is -2.56. The molecular formula is C13H13N3O2. The van der Waals surface area contributed by atoms with Crippen LogP contribution in [0, 0.1) is 0 Å². The lowest BCUT2D eigenvalue weighted by atomic mass is 10.3. The van der Waals surface area contributed by atoms with Crippen molar-refractivity contribution in [1.82, 2.24) is 4.98 Å². The molecule has 0 saturated heterocycles. The average Bonchev–Trinajstić information content (AvgIpc) is 2.40. The summed E-state index contributed by atoms with van der Waals surface area (Å²) in [6, 6.07) is 12.2. The number of carbonyl (C=O) groups is 1. The molecule has 1 heterocycles. The second-order valence-electron chi connectivity index (χ2n) is 3.53. The third kappa shape index (κ3) is 3.21. The number of para-hydroxylation sites is 1. The monoisotopic (exact) mass is 243 g/mol. The van der Waals surface area contributed by atoms with Gasteiger partial charge in [0.2, 0.25) is 0 Å². The molecule has 92 valence electrons. The predicted octanol–water partition coefficient (Wildman–Crippen LogP) is 2.73. The number of anilines is 2. The lowest BCUT2D eigenvalue weighted by molar-refractivity contribution is 0.262. The molecular weight excluding hydrogens is 230 g/mol. The fourth-order valence-electron chi connectivity index (χ4n) is 1.41. The molecule has 5 heteroatoms. The summed E-state index contributed by atoms with van der Waals surface area (Å²) in [6.45, 7) is 0. The zero-order valence-electron chi connectivity index (χ0n) is 9.88. The Labute approximate surface area is 105 Å². The van der Waals surface area contributed by atoms with Crippen LogP contribution < -0.4 is 15.4 Å². The highest BCUT2D eigenvalue weighted by molar-refractivity contribution is 5.99. The Bertz CT molecular complexity index is 529. The molecule has 2 rings (SSSR count). The van der Waals surface area contributed by atoms with Gasteiger partial charge in [-0.3, -0.25) is 5.32 Å². The number of methoxy groups -OCH3 is 1. The number of hydrogen-bond donors (Lipinski definition) is 2. The lowest BCUT2D eigenvalue weighted by Crippen LogP contribution is -2.19. The first-order chi connectivity index (χ1) is 8.78. The van der Waals surface area contributed by atoms with Gasteiger partial charge in [-0.15, -0.1) is 0 Å². The zero-order chi connectivity index (χ0) is 12.8. The first-order valence-corrected chi connectivity index (χ1v) is 5.41. The van der Waals surface area contributed by atoms with E-state index in [0.717, 1.165) is 5.69 Å². The van der Waals surface area contributed by atoms with Crippen molar-refractivity contribution in [1.29, 1.82) is 0 Å².